The zero-order chi connectivity index (χ0) is 9.30. The summed E-state index contributed by atoms with van der Waals surface area (Å²) in [6, 6.07) is 2.63. The highest BCUT2D eigenvalue weighted by atomic mass is 35.5. The number of halogens is 4. The second kappa shape index (κ2) is 3.49. The van der Waals surface area contributed by atoms with E-state index in [9.17, 15) is 4.39 Å². The summed E-state index contributed by atoms with van der Waals surface area (Å²) in [6.45, 7) is 0. The average molecular weight is 224 g/mol. The van der Waals surface area contributed by atoms with Crippen molar-refractivity contribution in [1.82, 2.24) is 0 Å². The Morgan fingerprint density at radius 2 is 1.75 bits per heavy atom. The third kappa shape index (κ3) is 1.49. The number of hydrogen-bond donors (Lipinski definition) is 0. The molecule has 1 aromatic carbocycles. The van der Waals surface area contributed by atoms with Gasteiger partial charge in [-0.1, -0.05) is 34.8 Å². The van der Waals surface area contributed by atoms with Crippen molar-refractivity contribution >= 4 is 34.8 Å². The summed E-state index contributed by atoms with van der Waals surface area (Å²) in [5.41, 5.74) is -0.0245. The molecule has 5 heteroatoms. The predicted molar refractivity (Wildman–Crippen MR) is 46.1 cm³/mol. The Morgan fingerprint density at radius 3 is 2.25 bits per heavy atom. The molecule has 0 heterocycles. The van der Waals surface area contributed by atoms with Gasteiger partial charge in [0.15, 0.2) is 0 Å². The highest BCUT2D eigenvalue weighted by Crippen LogP contribution is 2.34. The van der Waals surface area contributed by atoms with Gasteiger partial charge in [0.05, 0.1) is 20.6 Å². The molecule has 62 valence electrons. The van der Waals surface area contributed by atoms with Crippen molar-refractivity contribution in [1.29, 1.82) is 5.26 Å². The van der Waals surface area contributed by atoms with E-state index in [1.165, 1.54) is 0 Å². The third-order valence-corrected chi connectivity index (χ3v) is 2.56. The van der Waals surface area contributed by atoms with Crippen LogP contribution in [0.5, 0.6) is 0 Å². The van der Waals surface area contributed by atoms with Crippen LogP contribution in [0.4, 0.5) is 4.39 Å². The Bertz CT molecular complexity index is 370. The molecule has 0 N–H and O–H groups in total. The Balaban J connectivity index is 3.52. The Kier molecular flexibility index (Phi) is 2.79. The molecule has 1 aromatic rings. The van der Waals surface area contributed by atoms with E-state index < -0.39 is 5.82 Å². The molecule has 1 nitrogen and oxygen atoms in total. The quantitative estimate of drug-likeness (QED) is 0.487. The second-order valence-electron chi connectivity index (χ2n) is 1.96. The van der Waals surface area contributed by atoms with Crippen LogP contribution in [0.25, 0.3) is 0 Å². The maximum Gasteiger partial charge on any atom is 0.144 e. The normalized spacial score (nSPS) is 9.58. The number of nitrogens with zero attached hydrogens (tertiary/aromatic N) is 1. The highest BCUT2D eigenvalue weighted by Gasteiger charge is 2.13. The Labute approximate surface area is 83.3 Å². The monoisotopic (exact) mass is 223 g/mol. The molecule has 0 radical (unpaired) electrons. The second-order valence-corrected chi connectivity index (χ2v) is 3.09. The average Bonchev–Trinajstić information content (AvgIpc) is 2.08. The van der Waals surface area contributed by atoms with Crippen molar-refractivity contribution in [3.05, 3.63) is 32.5 Å². The standard InChI is InChI=1S/C7HCl3FN/c8-5-3(2-12)1-4(11)6(9)7(5)10/h1H. The van der Waals surface area contributed by atoms with E-state index in [1.807, 2.05) is 0 Å². The molecule has 0 aromatic heterocycles. The van der Waals surface area contributed by atoms with Crippen molar-refractivity contribution in [3.8, 4) is 6.07 Å². The summed E-state index contributed by atoms with van der Waals surface area (Å²) in [4.78, 5) is 0. The predicted octanol–water partition coefficient (Wildman–Crippen LogP) is 3.66. The lowest BCUT2D eigenvalue weighted by atomic mass is 10.2. The summed E-state index contributed by atoms with van der Waals surface area (Å²) >= 11 is 16.5. The first kappa shape index (κ1) is 9.60. The van der Waals surface area contributed by atoms with Crippen LogP contribution in [-0.4, -0.2) is 0 Å². The van der Waals surface area contributed by atoms with Crippen LogP contribution in [0.15, 0.2) is 6.07 Å². The van der Waals surface area contributed by atoms with Gasteiger partial charge in [0, 0.05) is 0 Å². The zero-order valence-electron chi connectivity index (χ0n) is 5.54. The first-order valence-electron chi connectivity index (χ1n) is 2.81. The molecule has 0 bridgehead atoms. The summed E-state index contributed by atoms with van der Waals surface area (Å²) in [6.07, 6.45) is 0. The molecular formula is C7HCl3FN. The van der Waals surface area contributed by atoms with Crippen molar-refractivity contribution in [3.63, 3.8) is 0 Å². The maximum atomic E-state index is 12.8. The third-order valence-electron chi connectivity index (χ3n) is 1.22. The fourth-order valence-electron chi connectivity index (χ4n) is 0.654. The molecular weight excluding hydrogens is 223 g/mol. The lowest BCUT2D eigenvalue weighted by molar-refractivity contribution is 0.628. The van der Waals surface area contributed by atoms with Crippen LogP contribution in [-0.2, 0) is 0 Å². The van der Waals surface area contributed by atoms with Gasteiger partial charge in [-0.15, -0.1) is 0 Å². The van der Waals surface area contributed by atoms with E-state index in [2.05, 4.69) is 0 Å². The molecule has 0 aliphatic heterocycles. The fraction of sp³-hybridized carbons (Fsp3) is 0. The summed E-state index contributed by atoms with van der Waals surface area (Å²) < 4.78 is 12.8. The molecule has 0 fully saturated rings. The Morgan fingerprint density at radius 1 is 1.17 bits per heavy atom. The van der Waals surface area contributed by atoms with Crippen molar-refractivity contribution in [2.45, 2.75) is 0 Å². The molecule has 1 rings (SSSR count). The van der Waals surface area contributed by atoms with Gasteiger partial charge < -0.3 is 0 Å². The number of hydrogen-bond acceptors (Lipinski definition) is 1. The first-order valence-corrected chi connectivity index (χ1v) is 3.94. The van der Waals surface area contributed by atoms with Gasteiger partial charge in [-0.2, -0.15) is 5.26 Å². The number of rotatable bonds is 0. The topological polar surface area (TPSA) is 23.8 Å². The molecule has 12 heavy (non-hydrogen) atoms. The maximum absolute atomic E-state index is 12.8. The molecule has 0 saturated heterocycles. The molecule has 0 amide bonds. The van der Waals surface area contributed by atoms with E-state index >= 15 is 0 Å². The van der Waals surface area contributed by atoms with Crippen molar-refractivity contribution in [2.75, 3.05) is 0 Å². The summed E-state index contributed by atoms with van der Waals surface area (Å²) in [5, 5.41) is 8.04. The van der Waals surface area contributed by atoms with E-state index in [1.54, 1.807) is 6.07 Å². The van der Waals surface area contributed by atoms with E-state index in [0.717, 1.165) is 6.07 Å². The number of nitriles is 1. The van der Waals surface area contributed by atoms with Gasteiger partial charge in [-0.3, -0.25) is 0 Å². The van der Waals surface area contributed by atoms with E-state index in [0.29, 0.717) is 0 Å². The smallest absolute Gasteiger partial charge is 0.144 e. The van der Waals surface area contributed by atoms with Crippen LogP contribution in [0.1, 0.15) is 5.56 Å². The van der Waals surface area contributed by atoms with Crippen LogP contribution in [0.2, 0.25) is 15.1 Å². The highest BCUT2D eigenvalue weighted by molar-refractivity contribution is 6.48. The zero-order valence-corrected chi connectivity index (χ0v) is 7.80. The van der Waals surface area contributed by atoms with Crippen molar-refractivity contribution < 1.29 is 4.39 Å². The number of benzene rings is 1. The van der Waals surface area contributed by atoms with Gasteiger partial charge in [0.2, 0.25) is 0 Å². The first-order chi connectivity index (χ1) is 5.57. The lowest BCUT2D eigenvalue weighted by Gasteiger charge is -2.01. The van der Waals surface area contributed by atoms with E-state index in [-0.39, 0.29) is 20.6 Å². The minimum absolute atomic E-state index is 0.0226. The van der Waals surface area contributed by atoms with Gasteiger partial charge in [-0.05, 0) is 6.07 Å². The molecule has 0 aliphatic carbocycles. The molecule has 0 atom stereocenters. The van der Waals surface area contributed by atoms with Crippen LogP contribution in [0, 0.1) is 17.1 Å². The molecule has 0 saturated carbocycles. The molecule has 0 aliphatic rings. The largest absolute Gasteiger partial charge is 0.205 e. The SMILES string of the molecule is N#Cc1cc(F)c(Cl)c(Cl)c1Cl. The fourth-order valence-corrected chi connectivity index (χ4v) is 1.24. The van der Waals surface area contributed by atoms with Gasteiger partial charge in [-0.25, -0.2) is 4.39 Å². The van der Waals surface area contributed by atoms with Gasteiger partial charge in [0.1, 0.15) is 11.9 Å². The minimum atomic E-state index is -0.748. The molecule has 0 spiro atoms. The van der Waals surface area contributed by atoms with Crippen LogP contribution < -0.4 is 0 Å². The summed E-state index contributed by atoms with van der Waals surface area (Å²) in [5.74, 6) is -0.748. The van der Waals surface area contributed by atoms with Gasteiger partial charge in [0.25, 0.3) is 0 Å². The van der Waals surface area contributed by atoms with Crippen LogP contribution in [0.3, 0.4) is 0 Å². The van der Waals surface area contributed by atoms with E-state index in [4.69, 9.17) is 40.1 Å². The molecule has 0 unspecified atom stereocenters. The van der Waals surface area contributed by atoms with Crippen molar-refractivity contribution in [2.24, 2.45) is 0 Å². The lowest BCUT2D eigenvalue weighted by Crippen LogP contribution is -1.85. The van der Waals surface area contributed by atoms with Gasteiger partial charge >= 0.3 is 0 Å². The van der Waals surface area contributed by atoms with Crippen LogP contribution >= 0.6 is 34.8 Å². The minimum Gasteiger partial charge on any atom is -0.205 e. The Hall–Kier alpha value is -0.490. The summed E-state index contributed by atoms with van der Waals surface area (Å²) in [7, 11) is 0.